The average Bonchev–Trinajstić information content (AvgIpc) is 2.57. The number of halogens is 2. The Morgan fingerprint density at radius 1 is 1.16 bits per heavy atom. The van der Waals surface area contributed by atoms with Crippen LogP contribution in [0.3, 0.4) is 0 Å². The molecule has 0 saturated heterocycles. The second kappa shape index (κ2) is 8.23. The molecule has 1 N–H and O–H groups in total. The minimum Gasteiger partial charge on any atom is -0.481 e. The van der Waals surface area contributed by atoms with Gasteiger partial charge in [0.05, 0.1) is 17.9 Å². The van der Waals surface area contributed by atoms with Gasteiger partial charge in [0.2, 0.25) is 0 Å². The lowest BCUT2D eigenvalue weighted by atomic mass is 10.2. The molecule has 2 rings (SSSR count). The summed E-state index contributed by atoms with van der Waals surface area (Å²) >= 11 is 0. The number of amides is 1. The van der Waals surface area contributed by atoms with Gasteiger partial charge in [-0.15, -0.1) is 0 Å². The zero-order chi connectivity index (χ0) is 18.4. The quantitative estimate of drug-likeness (QED) is 0.810. The molecule has 1 atom stereocenters. The van der Waals surface area contributed by atoms with E-state index in [2.05, 4.69) is 5.32 Å². The molecule has 0 spiro atoms. The van der Waals surface area contributed by atoms with Crippen LogP contribution in [0.15, 0.2) is 42.5 Å². The van der Waals surface area contributed by atoms with Crippen molar-refractivity contribution in [2.45, 2.75) is 20.0 Å². The van der Waals surface area contributed by atoms with Gasteiger partial charge in [0, 0.05) is 6.07 Å². The molecule has 0 aliphatic carbocycles. The summed E-state index contributed by atoms with van der Waals surface area (Å²) in [5, 5.41) is 2.32. The SMILES string of the molecule is CCOC(=O)c1cccc(O[C@H](C)C(=O)Nc2ccc(F)cc2F)c1. The Hall–Kier alpha value is -2.96. The Morgan fingerprint density at radius 3 is 2.60 bits per heavy atom. The molecule has 2 aromatic carbocycles. The third-order valence-corrected chi connectivity index (χ3v) is 3.22. The molecule has 0 unspecified atom stereocenters. The van der Waals surface area contributed by atoms with Crippen molar-refractivity contribution >= 4 is 17.6 Å². The Kier molecular flexibility index (Phi) is 6.05. The zero-order valence-corrected chi connectivity index (χ0v) is 13.7. The molecule has 0 heterocycles. The normalized spacial score (nSPS) is 11.5. The highest BCUT2D eigenvalue weighted by atomic mass is 19.1. The minimum atomic E-state index is -0.970. The average molecular weight is 349 g/mol. The van der Waals surface area contributed by atoms with Crippen LogP contribution in [0.4, 0.5) is 14.5 Å². The van der Waals surface area contributed by atoms with E-state index in [1.165, 1.54) is 13.0 Å². The second-order valence-corrected chi connectivity index (χ2v) is 5.12. The van der Waals surface area contributed by atoms with Gasteiger partial charge in [-0.05, 0) is 44.2 Å². The standard InChI is InChI=1S/C18H17F2NO4/c1-3-24-18(23)12-5-4-6-14(9-12)25-11(2)17(22)21-16-8-7-13(19)10-15(16)20/h4-11H,3H2,1-2H3,(H,21,22)/t11-/m1/s1. The van der Waals surface area contributed by atoms with Crippen LogP contribution >= 0.6 is 0 Å². The molecular formula is C18H17F2NO4. The van der Waals surface area contributed by atoms with E-state index in [0.29, 0.717) is 6.07 Å². The van der Waals surface area contributed by atoms with Crippen molar-refractivity contribution in [3.05, 3.63) is 59.7 Å². The highest BCUT2D eigenvalue weighted by molar-refractivity contribution is 5.94. The number of esters is 1. The number of benzene rings is 2. The molecule has 5 nitrogen and oxygen atoms in total. The van der Waals surface area contributed by atoms with Gasteiger partial charge in [-0.1, -0.05) is 6.07 Å². The number of ether oxygens (including phenoxy) is 2. The summed E-state index contributed by atoms with van der Waals surface area (Å²) in [6, 6.07) is 8.99. The minimum absolute atomic E-state index is 0.151. The Labute approximate surface area is 143 Å². The van der Waals surface area contributed by atoms with Crippen LogP contribution in [0.25, 0.3) is 0 Å². The summed E-state index contributed by atoms with van der Waals surface area (Å²) in [5.41, 5.74) is 0.138. The maximum Gasteiger partial charge on any atom is 0.338 e. The fourth-order valence-corrected chi connectivity index (χ4v) is 1.99. The van der Waals surface area contributed by atoms with Crippen molar-refractivity contribution in [1.82, 2.24) is 0 Å². The van der Waals surface area contributed by atoms with Crippen molar-refractivity contribution in [2.75, 3.05) is 11.9 Å². The third kappa shape index (κ3) is 5.00. The number of rotatable bonds is 6. The molecular weight excluding hydrogens is 332 g/mol. The molecule has 0 aromatic heterocycles. The van der Waals surface area contributed by atoms with E-state index in [9.17, 15) is 18.4 Å². The van der Waals surface area contributed by atoms with Crippen molar-refractivity contribution in [1.29, 1.82) is 0 Å². The van der Waals surface area contributed by atoms with Gasteiger partial charge in [0.15, 0.2) is 6.10 Å². The summed E-state index contributed by atoms with van der Waals surface area (Å²) in [6.07, 6.45) is -0.970. The number of anilines is 1. The van der Waals surface area contributed by atoms with Gasteiger partial charge in [0.25, 0.3) is 5.91 Å². The molecule has 132 valence electrons. The summed E-state index contributed by atoms with van der Waals surface area (Å²) in [4.78, 5) is 23.8. The van der Waals surface area contributed by atoms with Crippen LogP contribution in [0.5, 0.6) is 5.75 Å². The maximum absolute atomic E-state index is 13.6. The number of hydrogen-bond donors (Lipinski definition) is 1. The lowest BCUT2D eigenvalue weighted by Gasteiger charge is -2.15. The van der Waals surface area contributed by atoms with E-state index in [1.807, 2.05) is 0 Å². The molecule has 25 heavy (non-hydrogen) atoms. The summed E-state index contributed by atoms with van der Waals surface area (Å²) in [7, 11) is 0. The molecule has 0 fully saturated rings. The molecule has 0 bridgehead atoms. The molecule has 0 radical (unpaired) electrons. The van der Waals surface area contributed by atoms with Gasteiger partial charge in [-0.2, -0.15) is 0 Å². The number of nitrogens with one attached hydrogen (secondary N) is 1. The molecule has 2 aromatic rings. The highest BCUT2D eigenvalue weighted by Crippen LogP contribution is 2.18. The van der Waals surface area contributed by atoms with E-state index < -0.39 is 29.6 Å². The summed E-state index contributed by atoms with van der Waals surface area (Å²) < 4.78 is 36.8. The second-order valence-electron chi connectivity index (χ2n) is 5.12. The zero-order valence-electron chi connectivity index (χ0n) is 13.7. The number of carbonyl (C=O) groups is 2. The van der Waals surface area contributed by atoms with Crippen LogP contribution < -0.4 is 10.1 Å². The fraction of sp³-hybridized carbons (Fsp3) is 0.222. The fourth-order valence-electron chi connectivity index (χ4n) is 1.99. The number of hydrogen-bond acceptors (Lipinski definition) is 4. The van der Waals surface area contributed by atoms with Crippen LogP contribution in [-0.4, -0.2) is 24.6 Å². The maximum atomic E-state index is 13.6. The van der Waals surface area contributed by atoms with Crippen molar-refractivity contribution in [3.8, 4) is 5.75 Å². The van der Waals surface area contributed by atoms with E-state index >= 15 is 0 Å². The smallest absolute Gasteiger partial charge is 0.338 e. The third-order valence-electron chi connectivity index (χ3n) is 3.22. The summed E-state index contributed by atoms with van der Waals surface area (Å²) in [6.45, 7) is 3.40. The first-order valence-electron chi connectivity index (χ1n) is 7.60. The molecule has 7 heteroatoms. The molecule has 1 amide bonds. The Morgan fingerprint density at radius 2 is 1.92 bits per heavy atom. The van der Waals surface area contributed by atoms with Crippen LogP contribution in [0.2, 0.25) is 0 Å². The van der Waals surface area contributed by atoms with Crippen molar-refractivity contribution in [2.24, 2.45) is 0 Å². The van der Waals surface area contributed by atoms with Crippen LogP contribution in [0, 0.1) is 11.6 Å². The monoisotopic (exact) mass is 349 g/mol. The Bertz CT molecular complexity index is 779. The van der Waals surface area contributed by atoms with Gasteiger partial charge in [-0.3, -0.25) is 4.79 Å². The number of carbonyl (C=O) groups excluding carboxylic acids is 2. The predicted octanol–water partition coefficient (Wildman–Crippen LogP) is 3.55. The largest absolute Gasteiger partial charge is 0.481 e. The van der Waals surface area contributed by atoms with Gasteiger partial charge >= 0.3 is 5.97 Å². The highest BCUT2D eigenvalue weighted by Gasteiger charge is 2.17. The first kappa shape index (κ1) is 18.4. The van der Waals surface area contributed by atoms with Crippen LogP contribution in [0.1, 0.15) is 24.2 Å². The predicted molar refractivity (Wildman–Crippen MR) is 87.5 cm³/mol. The lowest BCUT2D eigenvalue weighted by molar-refractivity contribution is -0.122. The van der Waals surface area contributed by atoms with Crippen LogP contribution in [-0.2, 0) is 9.53 Å². The van der Waals surface area contributed by atoms with Gasteiger partial charge in [0.1, 0.15) is 17.4 Å². The van der Waals surface area contributed by atoms with Crippen molar-refractivity contribution in [3.63, 3.8) is 0 Å². The first-order valence-corrected chi connectivity index (χ1v) is 7.60. The van der Waals surface area contributed by atoms with E-state index in [0.717, 1.165) is 12.1 Å². The topological polar surface area (TPSA) is 64.6 Å². The van der Waals surface area contributed by atoms with E-state index in [-0.39, 0.29) is 23.6 Å². The molecule has 0 aliphatic rings. The first-order chi connectivity index (χ1) is 11.9. The van der Waals surface area contributed by atoms with Gasteiger partial charge < -0.3 is 14.8 Å². The molecule has 0 aliphatic heterocycles. The molecule has 0 saturated carbocycles. The van der Waals surface area contributed by atoms with E-state index in [1.54, 1.807) is 25.1 Å². The lowest BCUT2D eigenvalue weighted by Crippen LogP contribution is -2.30. The van der Waals surface area contributed by atoms with Crippen molar-refractivity contribution < 1.29 is 27.8 Å². The Balaban J connectivity index is 2.03. The summed E-state index contributed by atoms with van der Waals surface area (Å²) in [5.74, 6) is -2.46. The van der Waals surface area contributed by atoms with Gasteiger partial charge in [-0.25, -0.2) is 13.6 Å². The van der Waals surface area contributed by atoms with E-state index in [4.69, 9.17) is 9.47 Å².